The van der Waals surface area contributed by atoms with E-state index in [9.17, 15) is 14.4 Å². The summed E-state index contributed by atoms with van der Waals surface area (Å²) in [4.78, 5) is 35.0. The SMILES string of the molecule is O=Cc1ccccc1OCC(=O)OCC(=O)Nc1ccccc1-c1ccccc1. The van der Waals surface area contributed by atoms with Gasteiger partial charge in [0.15, 0.2) is 19.5 Å². The maximum absolute atomic E-state index is 12.2. The van der Waals surface area contributed by atoms with E-state index in [0.29, 0.717) is 17.5 Å². The highest BCUT2D eigenvalue weighted by atomic mass is 16.6. The fourth-order valence-corrected chi connectivity index (χ4v) is 2.68. The summed E-state index contributed by atoms with van der Waals surface area (Å²) < 4.78 is 10.2. The molecule has 0 aliphatic heterocycles. The van der Waals surface area contributed by atoms with Gasteiger partial charge in [0.2, 0.25) is 0 Å². The van der Waals surface area contributed by atoms with E-state index in [4.69, 9.17) is 9.47 Å². The molecule has 6 heteroatoms. The normalized spacial score (nSPS) is 10.1. The fraction of sp³-hybridized carbons (Fsp3) is 0.0870. The lowest BCUT2D eigenvalue weighted by molar-refractivity contribution is -0.149. The molecular formula is C23H19NO5. The molecule has 0 aromatic heterocycles. The predicted molar refractivity (Wildman–Crippen MR) is 109 cm³/mol. The number of amides is 1. The summed E-state index contributed by atoms with van der Waals surface area (Å²) in [7, 11) is 0. The van der Waals surface area contributed by atoms with Gasteiger partial charge in [-0.05, 0) is 23.8 Å². The van der Waals surface area contributed by atoms with Crippen molar-refractivity contribution in [1.82, 2.24) is 0 Å². The molecule has 3 aromatic carbocycles. The molecule has 0 aliphatic carbocycles. The first kappa shape index (κ1) is 19.8. The molecule has 1 amide bonds. The van der Waals surface area contributed by atoms with Crippen LogP contribution in [0.3, 0.4) is 0 Å². The van der Waals surface area contributed by atoms with Gasteiger partial charge in [0, 0.05) is 11.3 Å². The van der Waals surface area contributed by atoms with Crippen LogP contribution in [0.25, 0.3) is 11.1 Å². The van der Waals surface area contributed by atoms with Crippen molar-refractivity contribution >= 4 is 23.9 Å². The Bertz CT molecular complexity index is 1000. The minimum Gasteiger partial charge on any atom is -0.481 e. The Balaban J connectivity index is 1.53. The standard InChI is InChI=1S/C23H19NO5/c25-14-18-10-4-7-13-21(18)28-16-23(27)29-15-22(26)24-20-12-6-5-11-19(20)17-8-2-1-3-9-17/h1-14H,15-16H2,(H,24,26). The number of ether oxygens (including phenoxy) is 2. The molecule has 0 fully saturated rings. The highest BCUT2D eigenvalue weighted by Gasteiger charge is 2.12. The second-order valence-electron chi connectivity index (χ2n) is 6.06. The van der Waals surface area contributed by atoms with Crippen molar-refractivity contribution in [3.8, 4) is 16.9 Å². The van der Waals surface area contributed by atoms with Gasteiger partial charge in [0.25, 0.3) is 5.91 Å². The Kier molecular flexibility index (Phi) is 6.73. The van der Waals surface area contributed by atoms with Crippen molar-refractivity contribution in [2.75, 3.05) is 18.5 Å². The lowest BCUT2D eigenvalue weighted by Gasteiger charge is -2.12. The van der Waals surface area contributed by atoms with Crippen LogP contribution in [0.1, 0.15) is 10.4 Å². The summed E-state index contributed by atoms with van der Waals surface area (Å²) in [5, 5.41) is 2.75. The van der Waals surface area contributed by atoms with Crippen LogP contribution in [0, 0.1) is 0 Å². The van der Waals surface area contributed by atoms with Gasteiger partial charge >= 0.3 is 5.97 Å². The smallest absolute Gasteiger partial charge is 0.344 e. The molecule has 146 valence electrons. The number of para-hydroxylation sites is 2. The molecule has 0 unspecified atom stereocenters. The number of aldehydes is 1. The number of anilines is 1. The molecule has 3 aromatic rings. The molecule has 0 heterocycles. The molecular weight excluding hydrogens is 370 g/mol. The Morgan fingerprint density at radius 2 is 1.52 bits per heavy atom. The van der Waals surface area contributed by atoms with Gasteiger partial charge in [0.05, 0.1) is 5.56 Å². The van der Waals surface area contributed by atoms with Crippen molar-refractivity contribution in [2.24, 2.45) is 0 Å². The summed E-state index contributed by atoms with van der Waals surface area (Å²) >= 11 is 0. The van der Waals surface area contributed by atoms with E-state index in [1.165, 1.54) is 0 Å². The molecule has 0 aliphatic rings. The van der Waals surface area contributed by atoms with Crippen LogP contribution in [0.2, 0.25) is 0 Å². The van der Waals surface area contributed by atoms with Crippen molar-refractivity contribution < 1.29 is 23.9 Å². The number of hydrogen-bond acceptors (Lipinski definition) is 5. The third-order valence-electron chi connectivity index (χ3n) is 4.04. The van der Waals surface area contributed by atoms with Crippen LogP contribution >= 0.6 is 0 Å². The number of esters is 1. The van der Waals surface area contributed by atoms with Gasteiger partial charge in [-0.2, -0.15) is 0 Å². The molecule has 0 saturated carbocycles. The molecule has 0 radical (unpaired) electrons. The lowest BCUT2D eigenvalue weighted by Crippen LogP contribution is -2.24. The van der Waals surface area contributed by atoms with Crippen molar-refractivity contribution in [3.05, 3.63) is 84.4 Å². The van der Waals surface area contributed by atoms with E-state index >= 15 is 0 Å². The zero-order valence-electron chi connectivity index (χ0n) is 15.5. The highest BCUT2D eigenvalue weighted by molar-refractivity contribution is 5.96. The van der Waals surface area contributed by atoms with E-state index < -0.39 is 25.1 Å². The van der Waals surface area contributed by atoms with E-state index in [1.807, 2.05) is 48.5 Å². The number of rotatable bonds is 8. The second-order valence-corrected chi connectivity index (χ2v) is 6.06. The quantitative estimate of drug-likeness (QED) is 0.469. The number of benzene rings is 3. The van der Waals surface area contributed by atoms with Crippen LogP contribution < -0.4 is 10.1 Å². The molecule has 1 N–H and O–H groups in total. The maximum Gasteiger partial charge on any atom is 0.344 e. The van der Waals surface area contributed by atoms with Crippen LogP contribution in [0.4, 0.5) is 5.69 Å². The van der Waals surface area contributed by atoms with Crippen LogP contribution in [-0.2, 0) is 14.3 Å². The predicted octanol–water partition coefficient (Wildman–Crippen LogP) is 3.73. The summed E-state index contributed by atoms with van der Waals surface area (Å²) in [6.45, 7) is -0.848. The Hall–Kier alpha value is -3.93. The summed E-state index contributed by atoms with van der Waals surface area (Å²) in [6.07, 6.45) is 0.637. The Labute approximate surface area is 168 Å². The van der Waals surface area contributed by atoms with Crippen LogP contribution in [-0.4, -0.2) is 31.4 Å². The first-order valence-corrected chi connectivity index (χ1v) is 8.94. The minimum atomic E-state index is -0.711. The van der Waals surface area contributed by atoms with Crippen molar-refractivity contribution in [3.63, 3.8) is 0 Å². The van der Waals surface area contributed by atoms with Gasteiger partial charge in [-0.25, -0.2) is 4.79 Å². The van der Waals surface area contributed by atoms with E-state index in [2.05, 4.69) is 5.32 Å². The van der Waals surface area contributed by atoms with E-state index in [0.717, 1.165) is 11.1 Å². The second kappa shape index (κ2) is 9.85. The number of hydrogen-bond donors (Lipinski definition) is 1. The number of carbonyl (C=O) groups excluding carboxylic acids is 3. The summed E-state index contributed by atoms with van der Waals surface area (Å²) in [5.74, 6) is -0.895. The molecule has 29 heavy (non-hydrogen) atoms. The molecule has 0 saturated heterocycles. The molecule has 3 rings (SSSR count). The van der Waals surface area contributed by atoms with E-state index in [1.54, 1.807) is 30.3 Å². The Morgan fingerprint density at radius 1 is 0.828 bits per heavy atom. The molecule has 0 spiro atoms. The van der Waals surface area contributed by atoms with Crippen molar-refractivity contribution in [2.45, 2.75) is 0 Å². The number of nitrogens with one attached hydrogen (secondary N) is 1. The lowest BCUT2D eigenvalue weighted by atomic mass is 10.0. The van der Waals surface area contributed by atoms with Crippen LogP contribution in [0.5, 0.6) is 5.75 Å². The monoisotopic (exact) mass is 389 g/mol. The molecule has 6 nitrogen and oxygen atoms in total. The van der Waals surface area contributed by atoms with E-state index in [-0.39, 0.29) is 5.75 Å². The average molecular weight is 389 g/mol. The zero-order chi connectivity index (χ0) is 20.5. The first-order valence-electron chi connectivity index (χ1n) is 8.94. The van der Waals surface area contributed by atoms with Gasteiger partial charge in [0.1, 0.15) is 5.75 Å². The molecule has 0 bridgehead atoms. The number of carbonyl (C=O) groups is 3. The summed E-state index contributed by atoms with van der Waals surface area (Å²) in [6, 6.07) is 23.5. The fourth-order valence-electron chi connectivity index (χ4n) is 2.68. The third-order valence-corrected chi connectivity index (χ3v) is 4.04. The third kappa shape index (κ3) is 5.52. The topological polar surface area (TPSA) is 81.7 Å². The zero-order valence-corrected chi connectivity index (χ0v) is 15.5. The van der Waals surface area contributed by atoms with Gasteiger partial charge < -0.3 is 14.8 Å². The van der Waals surface area contributed by atoms with Crippen molar-refractivity contribution in [1.29, 1.82) is 0 Å². The summed E-state index contributed by atoms with van der Waals surface area (Å²) in [5.41, 5.74) is 2.77. The average Bonchev–Trinajstić information content (AvgIpc) is 2.77. The van der Waals surface area contributed by atoms with Gasteiger partial charge in [-0.1, -0.05) is 60.7 Å². The largest absolute Gasteiger partial charge is 0.481 e. The molecule has 0 atom stereocenters. The van der Waals surface area contributed by atoms with Gasteiger partial charge in [-0.3, -0.25) is 9.59 Å². The minimum absolute atomic E-state index is 0.278. The van der Waals surface area contributed by atoms with Crippen LogP contribution in [0.15, 0.2) is 78.9 Å². The highest BCUT2D eigenvalue weighted by Crippen LogP contribution is 2.27. The first-order chi connectivity index (χ1) is 14.2. The Morgan fingerprint density at radius 3 is 2.31 bits per heavy atom. The van der Waals surface area contributed by atoms with Gasteiger partial charge in [-0.15, -0.1) is 0 Å². The maximum atomic E-state index is 12.2.